The van der Waals surface area contributed by atoms with Gasteiger partial charge < -0.3 is 4.40 Å². The van der Waals surface area contributed by atoms with Gasteiger partial charge in [-0.1, -0.05) is 33.8 Å². The van der Waals surface area contributed by atoms with Crippen LogP contribution in [0.5, 0.6) is 0 Å². The molecule has 7 heteroatoms. The second-order valence-electron chi connectivity index (χ2n) is 6.10. The van der Waals surface area contributed by atoms with Crippen LogP contribution >= 0.6 is 27.7 Å². The summed E-state index contributed by atoms with van der Waals surface area (Å²) in [7, 11) is 0. The predicted molar refractivity (Wildman–Crippen MR) is 109 cm³/mol. The van der Waals surface area contributed by atoms with Gasteiger partial charge >= 0.3 is 0 Å². The molecular weight excluding hydrogens is 412 g/mol. The zero-order chi connectivity index (χ0) is 18.3. The van der Waals surface area contributed by atoms with Crippen LogP contribution in [-0.2, 0) is 12.3 Å². The number of aromatic nitrogens is 4. The number of nitrogens with zero attached hydrogens (tertiary/aromatic N) is 4. The second-order valence-corrected chi connectivity index (χ2v) is 7.96. The van der Waals surface area contributed by atoms with Crippen molar-refractivity contribution in [1.82, 2.24) is 18.9 Å². The molecule has 0 bridgehead atoms. The minimum absolute atomic E-state index is 0.00748. The van der Waals surface area contributed by atoms with Crippen molar-refractivity contribution in [3.8, 4) is 0 Å². The minimum atomic E-state index is -0.00748. The molecule has 0 spiro atoms. The Bertz CT molecular complexity index is 1180. The van der Waals surface area contributed by atoms with Crippen LogP contribution in [-0.4, -0.2) is 18.9 Å². The maximum absolute atomic E-state index is 12.8. The van der Waals surface area contributed by atoms with Gasteiger partial charge in [0.15, 0.2) is 5.16 Å². The third kappa shape index (κ3) is 3.17. The molecule has 0 atom stereocenters. The highest BCUT2D eigenvalue weighted by Crippen LogP contribution is 2.23. The molecule has 0 saturated heterocycles. The number of benzene rings is 1. The lowest BCUT2D eigenvalue weighted by Gasteiger charge is -2.10. The summed E-state index contributed by atoms with van der Waals surface area (Å²) in [5, 5.41) is 1.36. The second kappa shape index (κ2) is 6.89. The van der Waals surface area contributed by atoms with E-state index in [4.69, 9.17) is 4.98 Å². The van der Waals surface area contributed by atoms with Crippen LogP contribution in [0, 0.1) is 6.92 Å². The van der Waals surface area contributed by atoms with Crippen molar-refractivity contribution >= 4 is 44.2 Å². The van der Waals surface area contributed by atoms with E-state index in [0.29, 0.717) is 17.7 Å². The number of imidazole rings is 1. The molecule has 5 nitrogen and oxygen atoms in total. The Morgan fingerprint density at radius 1 is 1.15 bits per heavy atom. The number of hydrogen-bond donors (Lipinski definition) is 0. The summed E-state index contributed by atoms with van der Waals surface area (Å²) in [4.78, 5) is 22.1. The maximum atomic E-state index is 12.8. The Morgan fingerprint density at radius 2 is 2.00 bits per heavy atom. The van der Waals surface area contributed by atoms with Gasteiger partial charge in [0.25, 0.3) is 5.56 Å². The van der Waals surface area contributed by atoms with Crippen molar-refractivity contribution in [2.24, 2.45) is 0 Å². The lowest BCUT2D eigenvalue weighted by Crippen LogP contribution is -2.22. The average Bonchev–Trinajstić information content (AvgIpc) is 3.02. The number of aryl methyl sites for hydroxylation is 1. The normalized spacial score (nSPS) is 11.5. The fraction of sp³-hybridized carbons (Fsp3) is 0.211. The van der Waals surface area contributed by atoms with Crippen LogP contribution in [0.1, 0.15) is 18.2 Å². The van der Waals surface area contributed by atoms with E-state index in [1.54, 1.807) is 16.3 Å². The Hall–Kier alpha value is -2.12. The van der Waals surface area contributed by atoms with Crippen molar-refractivity contribution in [3.63, 3.8) is 0 Å². The smallest absolute Gasteiger partial charge is 0.262 e. The number of thioether (sulfide) groups is 1. The van der Waals surface area contributed by atoms with E-state index in [9.17, 15) is 4.79 Å². The predicted octanol–water partition coefficient (Wildman–Crippen LogP) is 4.43. The summed E-state index contributed by atoms with van der Waals surface area (Å²) in [5.74, 6) is 0.662. The zero-order valence-electron chi connectivity index (χ0n) is 14.4. The zero-order valence-corrected chi connectivity index (χ0v) is 16.8. The van der Waals surface area contributed by atoms with Crippen molar-refractivity contribution in [2.75, 3.05) is 0 Å². The number of fused-ring (bicyclic) bond motifs is 2. The van der Waals surface area contributed by atoms with E-state index in [1.807, 2.05) is 41.8 Å². The molecule has 132 valence electrons. The number of hydrogen-bond acceptors (Lipinski definition) is 4. The highest BCUT2D eigenvalue weighted by atomic mass is 79.9. The van der Waals surface area contributed by atoms with Crippen LogP contribution < -0.4 is 5.56 Å². The molecular formula is C19H17BrN4OS. The van der Waals surface area contributed by atoms with Crippen LogP contribution in [0.15, 0.2) is 57.1 Å². The third-order valence-corrected chi connectivity index (χ3v) is 5.70. The van der Waals surface area contributed by atoms with E-state index in [-0.39, 0.29) is 5.56 Å². The minimum Gasteiger partial charge on any atom is -0.307 e. The average molecular weight is 429 g/mol. The van der Waals surface area contributed by atoms with Gasteiger partial charge in [0.1, 0.15) is 5.65 Å². The molecule has 3 aromatic heterocycles. The summed E-state index contributed by atoms with van der Waals surface area (Å²) in [5.41, 5.74) is 3.79. The van der Waals surface area contributed by atoms with E-state index >= 15 is 0 Å². The molecule has 0 N–H and O–H groups in total. The van der Waals surface area contributed by atoms with Gasteiger partial charge in [-0.25, -0.2) is 9.97 Å². The fourth-order valence-corrected chi connectivity index (χ4v) is 4.23. The maximum Gasteiger partial charge on any atom is 0.262 e. The Balaban J connectivity index is 1.69. The van der Waals surface area contributed by atoms with Gasteiger partial charge in [0.2, 0.25) is 0 Å². The topological polar surface area (TPSA) is 52.2 Å². The molecule has 4 rings (SSSR count). The Labute approximate surface area is 163 Å². The van der Waals surface area contributed by atoms with Crippen molar-refractivity contribution < 1.29 is 0 Å². The molecule has 3 heterocycles. The highest BCUT2D eigenvalue weighted by Gasteiger charge is 2.12. The van der Waals surface area contributed by atoms with Gasteiger partial charge in [-0.2, -0.15) is 0 Å². The first-order valence-corrected chi connectivity index (χ1v) is 10.1. The Morgan fingerprint density at radius 3 is 2.81 bits per heavy atom. The lowest BCUT2D eigenvalue weighted by atomic mass is 10.2. The fourth-order valence-electron chi connectivity index (χ4n) is 2.93. The number of halogens is 1. The molecule has 0 aliphatic carbocycles. The van der Waals surface area contributed by atoms with Gasteiger partial charge in [0, 0.05) is 29.2 Å². The van der Waals surface area contributed by atoms with Crippen LogP contribution in [0.2, 0.25) is 0 Å². The largest absolute Gasteiger partial charge is 0.307 e. The van der Waals surface area contributed by atoms with E-state index in [1.165, 1.54) is 5.56 Å². The van der Waals surface area contributed by atoms with E-state index in [0.717, 1.165) is 26.5 Å². The summed E-state index contributed by atoms with van der Waals surface area (Å²) in [6.45, 7) is 4.61. The molecule has 0 amide bonds. The molecule has 4 aromatic rings. The van der Waals surface area contributed by atoms with E-state index in [2.05, 4.69) is 40.1 Å². The number of pyridine rings is 1. The van der Waals surface area contributed by atoms with Gasteiger partial charge in [-0.05, 0) is 43.7 Å². The van der Waals surface area contributed by atoms with Gasteiger partial charge in [-0.15, -0.1) is 0 Å². The first-order chi connectivity index (χ1) is 12.5. The number of rotatable bonds is 4. The molecule has 0 fully saturated rings. The van der Waals surface area contributed by atoms with Crippen molar-refractivity contribution in [3.05, 3.63) is 68.8 Å². The van der Waals surface area contributed by atoms with Gasteiger partial charge in [-0.3, -0.25) is 9.36 Å². The molecule has 0 aliphatic rings. The summed E-state index contributed by atoms with van der Waals surface area (Å²) in [6, 6.07) is 9.67. The summed E-state index contributed by atoms with van der Waals surface area (Å²) >= 11 is 4.96. The van der Waals surface area contributed by atoms with Gasteiger partial charge in [0.05, 0.1) is 16.6 Å². The summed E-state index contributed by atoms with van der Waals surface area (Å²) < 4.78 is 4.63. The standard InChI is InChI=1S/C19H17BrN4OS/c1-3-24-18(25)15-8-13(20)5-6-16(15)22-19(24)26-11-14-10-23-9-12(2)4-7-17(23)21-14/h4-10H,3,11H2,1-2H3. The molecule has 0 unspecified atom stereocenters. The third-order valence-electron chi connectivity index (χ3n) is 4.20. The Kier molecular flexibility index (Phi) is 4.58. The lowest BCUT2D eigenvalue weighted by molar-refractivity contribution is 0.634. The van der Waals surface area contributed by atoms with Crippen molar-refractivity contribution in [2.45, 2.75) is 31.3 Å². The van der Waals surface area contributed by atoms with Crippen LogP contribution in [0.3, 0.4) is 0 Å². The van der Waals surface area contributed by atoms with Crippen LogP contribution in [0.25, 0.3) is 16.6 Å². The molecule has 26 heavy (non-hydrogen) atoms. The molecule has 1 aromatic carbocycles. The van der Waals surface area contributed by atoms with Crippen LogP contribution in [0.4, 0.5) is 0 Å². The SMILES string of the molecule is CCn1c(SCc2cn3cc(C)ccc3n2)nc2ccc(Br)cc2c1=O. The molecule has 0 aliphatic heterocycles. The monoisotopic (exact) mass is 428 g/mol. The molecule has 0 saturated carbocycles. The quantitative estimate of drug-likeness (QED) is 0.356. The first-order valence-electron chi connectivity index (χ1n) is 8.32. The van der Waals surface area contributed by atoms with E-state index < -0.39 is 0 Å². The first kappa shape index (κ1) is 17.3. The summed E-state index contributed by atoms with van der Waals surface area (Å²) in [6.07, 6.45) is 4.09. The highest BCUT2D eigenvalue weighted by molar-refractivity contribution is 9.10. The van der Waals surface area contributed by atoms with Crippen molar-refractivity contribution in [1.29, 1.82) is 0 Å². The molecule has 0 radical (unpaired) electrons.